The van der Waals surface area contributed by atoms with Gasteiger partial charge in [0, 0.05) is 17.5 Å². The van der Waals surface area contributed by atoms with Crippen LogP contribution in [0.2, 0.25) is 0 Å². The molecule has 3 N–H and O–H groups in total. The first-order valence-electron chi connectivity index (χ1n) is 8.60. The van der Waals surface area contributed by atoms with E-state index in [0.29, 0.717) is 17.4 Å². The number of imidazole rings is 1. The summed E-state index contributed by atoms with van der Waals surface area (Å²) in [7, 11) is 0. The Morgan fingerprint density at radius 2 is 2.12 bits per heavy atom. The molecule has 0 fully saturated rings. The molecule has 6 nitrogen and oxygen atoms in total. The summed E-state index contributed by atoms with van der Waals surface area (Å²) in [6.45, 7) is 7.80. The Bertz CT molecular complexity index is 908. The normalized spacial score (nSPS) is 11.6. The van der Waals surface area contributed by atoms with Crippen LogP contribution in [0.25, 0.3) is 11.2 Å². The third-order valence-electron chi connectivity index (χ3n) is 3.97. The average Bonchev–Trinajstić information content (AvgIpc) is 2.93. The molecule has 0 aliphatic carbocycles. The van der Waals surface area contributed by atoms with E-state index in [-0.39, 0.29) is 5.82 Å². The lowest BCUT2D eigenvalue weighted by Gasteiger charge is -2.11. The Morgan fingerprint density at radius 3 is 2.85 bits per heavy atom. The molecule has 0 saturated heterocycles. The van der Waals surface area contributed by atoms with Gasteiger partial charge in [0.25, 0.3) is 0 Å². The number of hydrogen-bond acceptors (Lipinski definition) is 6. The molecule has 0 radical (unpaired) electrons. The maximum Gasteiger partial charge on any atom is 0.175 e. The summed E-state index contributed by atoms with van der Waals surface area (Å²) >= 11 is 1.49. The van der Waals surface area contributed by atoms with E-state index in [2.05, 4.69) is 38.7 Å². The second-order valence-corrected chi connectivity index (χ2v) is 7.46. The molecule has 0 saturated carbocycles. The van der Waals surface area contributed by atoms with E-state index in [1.54, 1.807) is 6.07 Å². The third kappa shape index (κ3) is 4.13. The predicted molar refractivity (Wildman–Crippen MR) is 103 cm³/mol. The summed E-state index contributed by atoms with van der Waals surface area (Å²) in [5.41, 5.74) is 8.18. The van der Waals surface area contributed by atoms with Gasteiger partial charge in [0.1, 0.15) is 12.1 Å². The third-order valence-corrected chi connectivity index (χ3v) is 5.15. The number of halogens is 1. The zero-order valence-electron chi connectivity index (χ0n) is 15.2. The Kier molecular flexibility index (Phi) is 5.73. The Hall–Kier alpha value is -2.19. The van der Waals surface area contributed by atoms with Crippen molar-refractivity contribution in [2.24, 2.45) is 0 Å². The van der Waals surface area contributed by atoms with Crippen LogP contribution in [0, 0.1) is 12.7 Å². The monoisotopic (exact) mass is 374 g/mol. The number of anilines is 1. The van der Waals surface area contributed by atoms with Crippen LogP contribution in [0.4, 0.5) is 10.2 Å². The van der Waals surface area contributed by atoms with Crippen molar-refractivity contribution in [2.75, 3.05) is 12.3 Å². The summed E-state index contributed by atoms with van der Waals surface area (Å²) in [5, 5.41) is 4.20. The lowest BCUT2D eigenvalue weighted by Crippen LogP contribution is -2.24. The summed E-state index contributed by atoms with van der Waals surface area (Å²) < 4.78 is 15.4. The van der Waals surface area contributed by atoms with Gasteiger partial charge in [0.15, 0.2) is 22.1 Å². The van der Waals surface area contributed by atoms with Gasteiger partial charge < -0.3 is 15.6 Å². The molecule has 3 rings (SSSR count). The minimum Gasteiger partial charge on any atom is -0.382 e. The molecule has 0 unspecified atom stereocenters. The molecule has 0 bridgehead atoms. The Morgan fingerprint density at radius 1 is 1.31 bits per heavy atom. The maximum absolute atomic E-state index is 13.4. The number of benzene rings is 1. The second-order valence-electron chi connectivity index (χ2n) is 6.45. The van der Waals surface area contributed by atoms with Crippen LogP contribution in [0.3, 0.4) is 0 Å². The number of rotatable bonds is 7. The van der Waals surface area contributed by atoms with Crippen LogP contribution in [0.5, 0.6) is 0 Å². The summed E-state index contributed by atoms with van der Waals surface area (Å²) in [6.07, 6.45) is 2.39. The first kappa shape index (κ1) is 18.6. The fraction of sp³-hybridized carbons (Fsp3) is 0.389. The van der Waals surface area contributed by atoms with Gasteiger partial charge in [0.05, 0.1) is 0 Å². The SMILES string of the molecule is Cc1cc(F)ccc1Sc1nc2c(N)ncnc2n1CCCNC(C)C. The van der Waals surface area contributed by atoms with Gasteiger partial charge in [-0.05, 0) is 43.7 Å². The molecule has 2 aromatic heterocycles. The summed E-state index contributed by atoms with van der Waals surface area (Å²) in [5.74, 6) is 0.127. The zero-order valence-corrected chi connectivity index (χ0v) is 16.0. The van der Waals surface area contributed by atoms with Crippen molar-refractivity contribution in [3.8, 4) is 0 Å². The minimum absolute atomic E-state index is 0.241. The number of nitrogen functional groups attached to an aromatic ring is 1. The van der Waals surface area contributed by atoms with Crippen molar-refractivity contribution in [1.82, 2.24) is 24.8 Å². The van der Waals surface area contributed by atoms with Crippen molar-refractivity contribution >= 4 is 28.7 Å². The fourth-order valence-corrected chi connectivity index (χ4v) is 3.64. The lowest BCUT2D eigenvalue weighted by atomic mass is 10.2. The molecule has 0 amide bonds. The largest absolute Gasteiger partial charge is 0.382 e. The molecule has 3 aromatic rings. The fourth-order valence-electron chi connectivity index (χ4n) is 2.67. The first-order chi connectivity index (χ1) is 12.5. The van der Waals surface area contributed by atoms with Crippen molar-refractivity contribution in [2.45, 2.75) is 49.8 Å². The highest BCUT2D eigenvalue weighted by Crippen LogP contribution is 2.33. The van der Waals surface area contributed by atoms with Gasteiger partial charge in [-0.1, -0.05) is 25.6 Å². The van der Waals surface area contributed by atoms with Gasteiger partial charge in [0.2, 0.25) is 0 Å². The molecule has 26 heavy (non-hydrogen) atoms. The van der Waals surface area contributed by atoms with Crippen molar-refractivity contribution < 1.29 is 4.39 Å². The number of nitrogens with two attached hydrogens (primary N) is 1. The molecule has 0 spiro atoms. The zero-order chi connectivity index (χ0) is 18.7. The lowest BCUT2D eigenvalue weighted by molar-refractivity contribution is 0.525. The molecular formula is C18H23FN6S. The van der Waals surface area contributed by atoms with Gasteiger partial charge in [-0.3, -0.25) is 0 Å². The molecular weight excluding hydrogens is 351 g/mol. The van der Waals surface area contributed by atoms with E-state index in [1.165, 1.54) is 30.2 Å². The second kappa shape index (κ2) is 8.01. The van der Waals surface area contributed by atoms with Gasteiger partial charge in [-0.2, -0.15) is 0 Å². The molecule has 0 atom stereocenters. The molecule has 2 heterocycles. The van der Waals surface area contributed by atoms with Crippen LogP contribution in [0.15, 0.2) is 34.6 Å². The number of aromatic nitrogens is 4. The summed E-state index contributed by atoms with van der Waals surface area (Å²) in [6, 6.07) is 5.20. The van der Waals surface area contributed by atoms with Gasteiger partial charge >= 0.3 is 0 Å². The molecule has 138 valence electrons. The van der Waals surface area contributed by atoms with Crippen LogP contribution >= 0.6 is 11.8 Å². The van der Waals surface area contributed by atoms with Crippen molar-refractivity contribution in [3.63, 3.8) is 0 Å². The van der Waals surface area contributed by atoms with Crippen molar-refractivity contribution in [3.05, 3.63) is 35.9 Å². The van der Waals surface area contributed by atoms with E-state index in [0.717, 1.165) is 40.8 Å². The topological polar surface area (TPSA) is 81.7 Å². The van der Waals surface area contributed by atoms with E-state index in [1.807, 2.05) is 6.92 Å². The smallest absolute Gasteiger partial charge is 0.175 e. The number of nitrogens with zero attached hydrogens (tertiary/aromatic N) is 4. The predicted octanol–water partition coefficient (Wildman–Crippen LogP) is 3.40. The minimum atomic E-state index is -0.241. The van der Waals surface area contributed by atoms with Crippen molar-refractivity contribution in [1.29, 1.82) is 0 Å². The van der Waals surface area contributed by atoms with E-state index in [9.17, 15) is 4.39 Å². The summed E-state index contributed by atoms with van der Waals surface area (Å²) in [4.78, 5) is 14.0. The Balaban J connectivity index is 1.92. The van der Waals surface area contributed by atoms with Crippen LogP contribution in [-0.2, 0) is 6.54 Å². The van der Waals surface area contributed by atoms with Crippen LogP contribution in [0.1, 0.15) is 25.8 Å². The molecule has 0 aliphatic rings. The number of nitrogens with one attached hydrogen (secondary N) is 1. The number of aryl methyl sites for hydroxylation is 2. The van der Waals surface area contributed by atoms with Crippen LogP contribution < -0.4 is 11.1 Å². The standard InChI is InChI=1S/C18H23FN6S/c1-11(2)21-7-4-8-25-17-15(16(20)22-10-23-17)24-18(25)26-14-6-5-13(19)9-12(14)3/h5-6,9-11,21H,4,7-8H2,1-3H3,(H2,20,22,23). The number of fused-ring (bicyclic) bond motifs is 1. The van der Waals surface area contributed by atoms with E-state index < -0.39 is 0 Å². The quantitative estimate of drug-likeness (QED) is 0.617. The Labute approximate surface area is 156 Å². The van der Waals surface area contributed by atoms with E-state index >= 15 is 0 Å². The average molecular weight is 374 g/mol. The van der Waals surface area contributed by atoms with E-state index in [4.69, 9.17) is 5.73 Å². The van der Waals surface area contributed by atoms with Gasteiger partial charge in [-0.15, -0.1) is 0 Å². The molecule has 1 aromatic carbocycles. The highest BCUT2D eigenvalue weighted by Gasteiger charge is 2.16. The highest BCUT2D eigenvalue weighted by atomic mass is 32.2. The number of hydrogen-bond donors (Lipinski definition) is 2. The van der Waals surface area contributed by atoms with Crippen LogP contribution in [-0.4, -0.2) is 32.1 Å². The molecule has 8 heteroatoms. The first-order valence-corrected chi connectivity index (χ1v) is 9.41. The molecule has 0 aliphatic heterocycles. The van der Waals surface area contributed by atoms with Gasteiger partial charge in [-0.25, -0.2) is 19.3 Å². The maximum atomic E-state index is 13.4. The highest BCUT2D eigenvalue weighted by molar-refractivity contribution is 7.99.